The van der Waals surface area contributed by atoms with E-state index in [-0.39, 0.29) is 12.5 Å². The van der Waals surface area contributed by atoms with Gasteiger partial charge < -0.3 is 15.0 Å². The van der Waals surface area contributed by atoms with Crippen LogP contribution in [-0.2, 0) is 4.79 Å². The molecule has 0 atom stereocenters. The monoisotopic (exact) mass is 360 g/mol. The molecule has 5 heteroatoms. The average Bonchev–Trinajstić information content (AvgIpc) is 2.66. The van der Waals surface area contributed by atoms with E-state index < -0.39 is 0 Å². The van der Waals surface area contributed by atoms with Gasteiger partial charge in [0.15, 0.2) is 6.61 Å². The van der Waals surface area contributed by atoms with Crippen molar-refractivity contribution in [1.82, 2.24) is 10.2 Å². The number of rotatable bonds is 6. The quantitative estimate of drug-likeness (QED) is 0.853. The lowest BCUT2D eigenvalue weighted by Gasteiger charge is -2.32. The fourth-order valence-corrected chi connectivity index (χ4v) is 3.64. The van der Waals surface area contributed by atoms with Crippen LogP contribution in [0.15, 0.2) is 36.4 Å². The maximum atomic E-state index is 12.5. The second kappa shape index (κ2) is 8.54. The summed E-state index contributed by atoms with van der Waals surface area (Å²) in [4.78, 5) is 14.4. The van der Waals surface area contributed by atoms with Crippen LogP contribution in [0.3, 0.4) is 0 Å². The predicted molar refractivity (Wildman–Crippen MR) is 102 cm³/mol. The third-order valence-electron chi connectivity index (χ3n) is 4.95. The molecule has 2 aromatic rings. The lowest BCUT2D eigenvalue weighted by molar-refractivity contribution is -0.134. The third kappa shape index (κ3) is 4.44. The second-order valence-corrected chi connectivity index (χ2v) is 7.00. The van der Waals surface area contributed by atoms with E-state index in [1.807, 2.05) is 48.3 Å². The summed E-state index contributed by atoms with van der Waals surface area (Å²) in [6, 6.07) is 11.5. The molecule has 1 saturated heterocycles. The fourth-order valence-electron chi connectivity index (χ4n) is 3.41. The lowest BCUT2D eigenvalue weighted by Crippen LogP contribution is -2.41. The molecule has 0 radical (unpaired) electrons. The number of nitrogens with zero attached hydrogens (tertiary/aromatic N) is 1. The first-order valence-corrected chi connectivity index (χ1v) is 9.29. The molecule has 134 valence electrons. The molecule has 4 nitrogen and oxygen atoms in total. The highest BCUT2D eigenvalue weighted by atomic mass is 35.5. The van der Waals surface area contributed by atoms with Gasteiger partial charge in [0.2, 0.25) is 0 Å². The van der Waals surface area contributed by atoms with Gasteiger partial charge in [0, 0.05) is 28.9 Å². The van der Waals surface area contributed by atoms with Gasteiger partial charge >= 0.3 is 0 Å². The van der Waals surface area contributed by atoms with Crippen molar-refractivity contribution in [2.24, 2.45) is 5.92 Å². The highest BCUT2D eigenvalue weighted by Gasteiger charge is 2.22. The molecule has 0 spiro atoms. The minimum Gasteiger partial charge on any atom is -0.483 e. The highest BCUT2D eigenvalue weighted by molar-refractivity contribution is 6.35. The van der Waals surface area contributed by atoms with E-state index in [1.165, 1.54) is 6.42 Å². The number of nitrogens with one attached hydrogen (secondary N) is 1. The van der Waals surface area contributed by atoms with Gasteiger partial charge in [0.25, 0.3) is 5.91 Å². The van der Waals surface area contributed by atoms with Crippen LogP contribution < -0.4 is 10.1 Å². The standard InChI is InChI=1S/C20H25ClN2O2/c1-22-11-8-15-9-12-23(13-10-15)20(24)14-25-19-7-6-18(21)16-4-2-3-5-17(16)19/h2-7,15,22H,8-14H2,1H3. The molecule has 1 fully saturated rings. The van der Waals surface area contributed by atoms with Gasteiger partial charge in [-0.05, 0) is 50.9 Å². The molecule has 2 aromatic carbocycles. The Morgan fingerprint density at radius 2 is 1.92 bits per heavy atom. The molecule has 1 aliphatic heterocycles. The van der Waals surface area contributed by atoms with E-state index in [9.17, 15) is 4.79 Å². The van der Waals surface area contributed by atoms with Crippen LogP contribution >= 0.6 is 11.6 Å². The summed E-state index contributed by atoms with van der Waals surface area (Å²) in [6.45, 7) is 2.79. The van der Waals surface area contributed by atoms with Crippen molar-refractivity contribution in [3.8, 4) is 5.75 Å². The first kappa shape index (κ1) is 18.0. The van der Waals surface area contributed by atoms with E-state index in [0.29, 0.717) is 10.8 Å². The van der Waals surface area contributed by atoms with Gasteiger partial charge in [0.05, 0.1) is 0 Å². The Kier molecular flexibility index (Phi) is 6.16. The zero-order valence-corrected chi connectivity index (χ0v) is 15.4. The van der Waals surface area contributed by atoms with Crippen molar-refractivity contribution in [3.05, 3.63) is 41.4 Å². The highest BCUT2D eigenvalue weighted by Crippen LogP contribution is 2.31. The number of hydrogen-bond donors (Lipinski definition) is 1. The van der Waals surface area contributed by atoms with Crippen LogP contribution in [0.4, 0.5) is 0 Å². The summed E-state index contributed by atoms with van der Waals surface area (Å²) in [7, 11) is 1.98. The molecule has 0 bridgehead atoms. The number of piperidine rings is 1. The Balaban J connectivity index is 1.56. The van der Waals surface area contributed by atoms with Gasteiger partial charge in [-0.15, -0.1) is 0 Å². The number of halogens is 1. The summed E-state index contributed by atoms with van der Waals surface area (Å²) in [6.07, 6.45) is 3.35. The van der Waals surface area contributed by atoms with Gasteiger partial charge in [-0.3, -0.25) is 4.79 Å². The van der Waals surface area contributed by atoms with Gasteiger partial charge in [-0.1, -0.05) is 35.9 Å². The molecular formula is C20H25ClN2O2. The van der Waals surface area contributed by atoms with Crippen LogP contribution in [0.2, 0.25) is 5.02 Å². The number of ether oxygens (including phenoxy) is 1. The Morgan fingerprint density at radius 3 is 2.64 bits per heavy atom. The molecule has 1 heterocycles. The SMILES string of the molecule is CNCCC1CCN(C(=O)COc2ccc(Cl)c3ccccc23)CC1. The smallest absolute Gasteiger partial charge is 0.260 e. The van der Waals surface area contributed by atoms with E-state index in [4.69, 9.17) is 16.3 Å². The average molecular weight is 361 g/mol. The molecule has 0 unspecified atom stereocenters. The number of carbonyl (C=O) groups is 1. The van der Waals surface area contributed by atoms with Crippen LogP contribution in [0.1, 0.15) is 19.3 Å². The molecule has 25 heavy (non-hydrogen) atoms. The first-order valence-electron chi connectivity index (χ1n) is 8.91. The van der Waals surface area contributed by atoms with Crippen LogP contribution in [-0.4, -0.2) is 44.1 Å². The number of benzene rings is 2. The molecule has 0 aromatic heterocycles. The van der Waals surface area contributed by atoms with Crippen LogP contribution in [0.25, 0.3) is 10.8 Å². The molecule has 3 rings (SSSR count). The normalized spacial score (nSPS) is 15.5. The van der Waals surface area contributed by atoms with E-state index in [2.05, 4.69) is 5.32 Å². The van der Waals surface area contributed by atoms with E-state index >= 15 is 0 Å². The molecular weight excluding hydrogens is 336 g/mol. The van der Waals surface area contributed by atoms with E-state index in [1.54, 1.807) is 0 Å². The first-order chi connectivity index (χ1) is 12.2. The number of hydrogen-bond acceptors (Lipinski definition) is 3. The number of likely N-dealkylation sites (tertiary alicyclic amines) is 1. The largest absolute Gasteiger partial charge is 0.483 e. The zero-order chi connectivity index (χ0) is 17.6. The van der Waals surface area contributed by atoms with Gasteiger partial charge in [-0.2, -0.15) is 0 Å². The lowest BCUT2D eigenvalue weighted by atomic mass is 9.93. The molecule has 1 N–H and O–H groups in total. The Morgan fingerprint density at radius 1 is 1.20 bits per heavy atom. The Hall–Kier alpha value is -1.78. The van der Waals surface area contributed by atoms with Crippen molar-refractivity contribution in [2.75, 3.05) is 33.3 Å². The molecule has 1 amide bonds. The molecule has 0 saturated carbocycles. The summed E-state index contributed by atoms with van der Waals surface area (Å²) >= 11 is 6.23. The zero-order valence-electron chi connectivity index (χ0n) is 14.6. The minimum atomic E-state index is 0.0612. The number of carbonyl (C=O) groups excluding carboxylic acids is 1. The van der Waals surface area contributed by atoms with Crippen molar-refractivity contribution in [2.45, 2.75) is 19.3 Å². The Bertz CT molecular complexity index is 727. The predicted octanol–water partition coefficient (Wildman–Crippen LogP) is 3.72. The topological polar surface area (TPSA) is 41.6 Å². The van der Waals surface area contributed by atoms with Gasteiger partial charge in [-0.25, -0.2) is 0 Å². The second-order valence-electron chi connectivity index (χ2n) is 6.60. The molecule has 0 aliphatic carbocycles. The van der Waals surface area contributed by atoms with Crippen LogP contribution in [0.5, 0.6) is 5.75 Å². The third-order valence-corrected chi connectivity index (χ3v) is 5.28. The van der Waals surface area contributed by atoms with Crippen molar-refractivity contribution in [3.63, 3.8) is 0 Å². The van der Waals surface area contributed by atoms with E-state index in [0.717, 1.165) is 49.2 Å². The molecule has 1 aliphatic rings. The van der Waals surface area contributed by atoms with Crippen molar-refractivity contribution in [1.29, 1.82) is 0 Å². The number of fused-ring (bicyclic) bond motifs is 1. The summed E-state index contributed by atoms with van der Waals surface area (Å²) < 4.78 is 5.82. The summed E-state index contributed by atoms with van der Waals surface area (Å²) in [5, 5.41) is 5.77. The van der Waals surface area contributed by atoms with Crippen molar-refractivity contribution < 1.29 is 9.53 Å². The maximum absolute atomic E-state index is 12.5. The van der Waals surface area contributed by atoms with Crippen LogP contribution in [0, 0.1) is 5.92 Å². The fraction of sp³-hybridized carbons (Fsp3) is 0.450. The van der Waals surface area contributed by atoms with Gasteiger partial charge in [0.1, 0.15) is 5.75 Å². The number of amides is 1. The minimum absolute atomic E-state index is 0.0612. The maximum Gasteiger partial charge on any atom is 0.260 e. The van der Waals surface area contributed by atoms with Crippen molar-refractivity contribution >= 4 is 28.3 Å². The summed E-state index contributed by atoms with van der Waals surface area (Å²) in [5.74, 6) is 1.49. The summed E-state index contributed by atoms with van der Waals surface area (Å²) in [5.41, 5.74) is 0. The Labute approximate surface area is 154 Å².